The summed E-state index contributed by atoms with van der Waals surface area (Å²) in [6.45, 7) is 0. The second-order valence-corrected chi connectivity index (χ2v) is 4.83. The summed E-state index contributed by atoms with van der Waals surface area (Å²) < 4.78 is 0. The molecule has 0 saturated heterocycles. The second kappa shape index (κ2) is 6.41. The molecule has 102 valence electrons. The zero-order valence-corrected chi connectivity index (χ0v) is 11.9. The average Bonchev–Trinajstić information content (AvgIpc) is 2.38. The number of benzene rings is 2. The van der Waals surface area contributed by atoms with Gasteiger partial charge in [-0.15, -0.1) is 0 Å². The molecule has 0 radical (unpaired) electrons. The van der Waals surface area contributed by atoms with Crippen LogP contribution in [0.4, 0.5) is 11.4 Å². The highest BCUT2D eigenvalue weighted by Crippen LogP contribution is 2.19. The maximum atomic E-state index is 5.87. The van der Waals surface area contributed by atoms with E-state index in [4.69, 9.17) is 34.7 Å². The van der Waals surface area contributed by atoms with Gasteiger partial charge in [-0.2, -0.15) is 0 Å². The number of nitrogens with zero attached hydrogens (tertiary/aromatic N) is 2. The van der Waals surface area contributed by atoms with E-state index in [2.05, 4.69) is 9.98 Å². The molecule has 2 rings (SSSR count). The van der Waals surface area contributed by atoms with Crippen molar-refractivity contribution in [3.63, 3.8) is 0 Å². The summed E-state index contributed by atoms with van der Waals surface area (Å²) in [5, 5.41) is 1.15. The zero-order valence-electron chi connectivity index (χ0n) is 10.4. The van der Waals surface area contributed by atoms with Crippen LogP contribution < -0.4 is 11.5 Å². The van der Waals surface area contributed by atoms with Crippen LogP contribution in [0.5, 0.6) is 0 Å². The van der Waals surface area contributed by atoms with Crippen LogP contribution in [0.25, 0.3) is 0 Å². The van der Waals surface area contributed by atoms with Gasteiger partial charge >= 0.3 is 0 Å². The van der Waals surface area contributed by atoms with Crippen molar-refractivity contribution in [3.8, 4) is 0 Å². The lowest BCUT2D eigenvalue weighted by Gasteiger charge is -2.01. The summed E-state index contributed by atoms with van der Waals surface area (Å²) in [7, 11) is 0. The van der Waals surface area contributed by atoms with Crippen LogP contribution in [-0.4, -0.2) is 11.7 Å². The largest absolute Gasteiger partial charge is 0.381 e. The molecule has 4 N–H and O–H groups in total. The fourth-order valence-corrected chi connectivity index (χ4v) is 1.85. The van der Waals surface area contributed by atoms with Crippen molar-refractivity contribution in [2.24, 2.45) is 21.5 Å². The number of hydrogen-bond acceptors (Lipinski definition) is 2. The Labute approximate surface area is 126 Å². The maximum Gasteiger partial charge on any atom is 0.166 e. The predicted octanol–water partition coefficient (Wildman–Crippen LogP) is 3.67. The van der Waals surface area contributed by atoms with E-state index in [0.717, 1.165) is 0 Å². The van der Waals surface area contributed by atoms with E-state index in [1.165, 1.54) is 0 Å². The molecule has 2 aromatic carbocycles. The first-order chi connectivity index (χ1) is 9.54. The van der Waals surface area contributed by atoms with Gasteiger partial charge in [-0.05, 0) is 36.4 Å². The van der Waals surface area contributed by atoms with Gasteiger partial charge in [-0.1, -0.05) is 35.3 Å². The summed E-state index contributed by atoms with van der Waals surface area (Å²) in [6.07, 6.45) is 0. The van der Waals surface area contributed by atoms with Crippen molar-refractivity contribution in [3.05, 3.63) is 58.6 Å². The van der Waals surface area contributed by atoms with Gasteiger partial charge in [-0.25, -0.2) is 9.98 Å². The highest BCUT2D eigenvalue weighted by molar-refractivity contribution is 6.40. The molecular formula is C14H12Cl2N4. The number of amidine groups is 2. The molecule has 4 nitrogen and oxygen atoms in total. The molecule has 6 heteroatoms. The average molecular weight is 307 g/mol. The number of nitrogens with two attached hydrogens (primary N) is 2. The summed E-state index contributed by atoms with van der Waals surface area (Å²) in [6, 6.07) is 14.0. The van der Waals surface area contributed by atoms with Gasteiger partial charge in [0.25, 0.3) is 0 Å². The Bertz CT molecular complexity index is 621. The van der Waals surface area contributed by atoms with Crippen molar-refractivity contribution < 1.29 is 0 Å². The molecule has 0 saturated carbocycles. The Morgan fingerprint density at radius 2 is 1.15 bits per heavy atom. The van der Waals surface area contributed by atoms with Gasteiger partial charge in [0.05, 0.1) is 11.4 Å². The molecule has 0 heterocycles. The summed E-state index contributed by atoms with van der Waals surface area (Å²) in [5.74, 6) is 0.236. The number of halogens is 2. The van der Waals surface area contributed by atoms with E-state index in [-0.39, 0.29) is 11.7 Å². The summed E-state index contributed by atoms with van der Waals surface area (Å²) in [4.78, 5) is 8.32. The molecular weight excluding hydrogens is 295 g/mol. The maximum absolute atomic E-state index is 5.87. The molecule has 0 amide bonds. The molecule has 0 aliphatic heterocycles. The van der Waals surface area contributed by atoms with Crippen LogP contribution >= 0.6 is 23.2 Å². The summed E-state index contributed by atoms with van der Waals surface area (Å²) >= 11 is 11.7. The third-order valence-electron chi connectivity index (χ3n) is 2.38. The smallest absolute Gasteiger partial charge is 0.166 e. The van der Waals surface area contributed by atoms with E-state index in [9.17, 15) is 0 Å². The lowest BCUT2D eigenvalue weighted by Crippen LogP contribution is -2.30. The third-order valence-corrected chi connectivity index (χ3v) is 2.85. The van der Waals surface area contributed by atoms with E-state index in [1.807, 2.05) is 0 Å². The second-order valence-electron chi connectivity index (χ2n) is 3.95. The predicted molar refractivity (Wildman–Crippen MR) is 85.5 cm³/mol. The van der Waals surface area contributed by atoms with Crippen molar-refractivity contribution in [2.75, 3.05) is 0 Å². The monoisotopic (exact) mass is 306 g/mol. The van der Waals surface area contributed by atoms with Crippen LogP contribution in [0.1, 0.15) is 0 Å². The van der Waals surface area contributed by atoms with Crippen LogP contribution in [0.2, 0.25) is 10.0 Å². The van der Waals surface area contributed by atoms with E-state index >= 15 is 0 Å². The van der Waals surface area contributed by atoms with Crippen molar-refractivity contribution in [2.45, 2.75) is 0 Å². The molecule has 0 fully saturated rings. The standard InChI is InChI=1S/C14H12Cl2N4/c15-9-3-1-5-11(7-9)19-13(17)14(18)20-12-6-2-4-10(16)8-12/h1-8H,(H2,17,19)(H2,18,20). The Hall–Kier alpha value is -2.04. The van der Waals surface area contributed by atoms with Gasteiger partial charge < -0.3 is 11.5 Å². The fourth-order valence-electron chi connectivity index (χ4n) is 1.48. The van der Waals surface area contributed by atoms with Gasteiger partial charge in [0.1, 0.15) is 0 Å². The lowest BCUT2D eigenvalue weighted by molar-refractivity contribution is 1.44. The van der Waals surface area contributed by atoms with E-state index in [1.54, 1.807) is 48.5 Å². The molecule has 0 atom stereocenters. The van der Waals surface area contributed by atoms with Gasteiger partial charge in [0, 0.05) is 10.0 Å². The van der Waals surface area contributed by atoms with Gasteiger partial charge in [-0.3, -0.25) is 0 Å². The third kappa shape index (κ3) is 3.98. The zero-order chi connectivity index (χ0) is 14.5. The Kier molecular flexibility index (Phi) is 4.61. The quantitative estimate of drug-likeness (QED) is 0.656. The van der Waals surface area contributed by atoms with Crippen LogP contribution in [-0.2, 0) is 0 Å². The molecule has 20 heavy (non-hydrogen) atoms. The van der Waals surface area contributed by atoms with Crippen molar-refractivity contribution in [1.29, 1.82) is 0 Å². The SMILES string of the molecule is NC(=Nc1cccc(Cl)c1)C(N)=Nc1cccc(Cl)c1. The number of hydrogen-bond donors (Lipinski definition) is 2. The van der Waals surface area contributed by atoms with Crippen LogP contribution in [0.3, 0.4) is 0 Å². The molecule has 0 aliphatic carbocycles. The Morgan fingerprint density at radius 3 is 1.50 bits per heavy atom. The van der Waals surface area contributed by atoms with E-state index < -0.39 is 0 Å². The molecule has 0 unspecified atom stereocenters. The minimum Gasteiger partial charge on any atom is -0.381 e. The minimum absolute atomic E-state index is 0.118. The molecule has 0 aliphatic rings. The topological polar surface area (TPSA) is 76.8 Å². The first-order valence-electron chi connectivity index (χ1n) is 5.74. The Balaban J connectivity index is 2.26. The van der Waals surface area contributed by atoms with Crippen molar-refractivity contribution in [1.82, 2.24) is 0 Å². The number of rotatable bonds is 2. The first-order valence-corrected chi connectivity index (χ1v) is 6.50. The highest BCUT2D eigenvalue weighted by atomic mass is 35.5. The normalized spacial score (nSPS) is 12.5. The Morgan fingerprint density at radius 1 is 0.750 bits per heavy atom. The summed E-state index contributed by atoms with van der Waals surface area (Å²) in [5.41, 5.74) is 12.8. The van der Waals surface area contributed by atoms with Gasteiger partial charge in [0.15, 0.2) is 11.7 Å². The van der Waals surface area contributed by atoms with E-state index in [0.29, 0.717) is 21.4 Å². The molecule has 0 aromatic heterocycles. The number of aliphatic imine (C=N–C) groups is 2. The lowest BCUT2D eigenvalue weighted by atomic mass is 10.3. The highest BCUT2D eigenvalue weighted by Gasteiger charge is 2.01. The fraction of sp³-hybridized carbons (Fsp3) is 0. The molecule has 0 bridgehead atoms. The molecule has 2 aromatic rings. The molecule has 0 spiro atoms. The first kappa shape index (κ1) is 14.4. The van der Waals surface area contributed by atoms with Crippen LogP contribution in [0.15, 0.2) is 58.5 Å². The van der Waals surface area contributed by atoms with Crippen LogP contribution in [0, 0.1) is 0 Å². The van der Waals surface area contributed by atoms with Gasteiger partial charge in [0.2, 0.25) is 0 Å². The minimum atomic E-state index is 0.118. The van der Waals surface area contributed by atoms with Crippen molar-refractivity contribution >= 4 is 46.2 Å².